The molecule has 0 saturated heterocycles. The van der Waals surface area contributed by atoms with E-state index in [0.29, 0.717) is 0 Å². The average Bonchev–Trinajstić information content (AvgIpc) is 1.83. The number of carboxylic acid groups (broad SMARTS) is 3. The Morgan fingerprint density at radius 1 is 1.00 bits per heavy atom. The van der Waals surface area contributed by atoms with Crippen molar-refractivity contribution in [3.8, 4) is 0 Å². The van der Waals surface area contributed by atoms with Crippen molar-refractivity contribution in [1.82, 2.24) is 0 Å². The Bertz CT molecular complexity index is 172. The first-order valence-corrected chi connectivity index (χ1v) is 4.22. The highest BCUT2D eigenvalue weighted by atomic mass is 32.2. The molecule has 7 heteroatoms. The zero-order valence-corrected chi connectivity index (χ0v) is 7.71. The van der Waals surface area contributed by atoms with Crippen LogP contribution in [-0.2, 0) is 14.4 Å². The molecule has 0 unspecified atom stereocenters. The van der Waals surface area contributed by atoms with Gasteiger partial charge in [-0.1, -0.05) is 0 Å². The van der Waals surface area contributed by atoms with Crippen molar-refractivity contribution >= 4 is 29.7 Å². The maximum absolute atomic E-state index is 9.77. The molecule has 0 aromatic rings. The van der Waals surface area contributed by atoms with Gasteiger partial charge in [0.2, 0.25) is 0 Å². The van der Waals surface area contributed by atoms with Gasteiger partial charge in [-0.2, -0.15) is 0 Å². The second-order valence-corrected chi connectivity index (χ2v) is 2.78. The van der Waals surface area contributed by atoms with Gasteiger partial charge < -0.3 is 15.3 Å². The second-order valence-electron chi connectivity index (χ2n) is 1.80. The number of hydrogen-bond donors (Lipinski definition) is 3. The lowest BCUT2D eigenvalue weighted by molar-refractivity contribution is -0.135. The predicted molar refractivity (Wildman–Crippen MR) is 45.9 cm³/mol. The largest absolute Gasteiger partial charge is 0.481 e. The highest BCUT2D eigenvalue weighted by Gasteiger charge is 1.99. The van der Waals surface area contributed by atoms with E-state index in [4.69, 9.17) is 20.1 Å². The van der Waals surface area contributed by atoms with E-state index in [1.807, 2.05) is 0 Å². The third kappa shape index (κ3) is 36.4. The van der Waals surface area contributed by atoms with E-state index in [1.165, 1.54) is 0 Å². The van der Waals surface area contributed by atoms with Gasteiger partial charge in [0, 0.05) is 6.92 Å². The third-order valence-electron chi connectivity index (χ3n) is 0.451. The standard InChI is InChI=1S/C4H6O4S.C2H4O2/c5-3(6)1-9-2-4(7)8;1-2(3)4/h1-2H2,(H,5,6)(H,7,8);1H3,(H,3,4). The van der Waals surface area contributed by atoms with Gasteiger partial charge in [-0.15, -0.1) is 11.8 Å². The van der Waals surface area contributed by atoms with E-state index in [1.54, 1.807) is 0 Å². The second kappa shape index (κ2) is 8.85. The quantitative estimate of drug-likeness (QED) is 0.597. The summed E-state index contributed by atoms with van der Waals surface area (Å²) in [7, 11) is 0. The Labute approximate surface area is 78.6 Å². The molecule has 0 aliphatic carbocycles. The number of rotatable bonds is 4. The van der Waals surface area contributed by atoms with Crippen molar-refractivity contribution in [3.63, 3.8) is 0 Å². The molecule has 3 N–H and O–H groups in total. The summed E-state index contributed by atoms with van der Waals surface area (Å²) in [5.74, 6) is -3.10. The molecule has 0 aromatic heterocycles. The molecule has 6 nitrogen and oxygen atoms in total. The number of thioether (sulfide) groups is 1. The first-order chi connectivity index (χ1) is 5.86. The molecular formula is C6H10O6S. The van der Waals surface area contributed by atoms with E-state index in [0.717, 1.165) is 18.7 Å². The summed E-state index contributed by atoms with van der Waals surface area (Å²) in [4.78, 5) is 28.5. The topological polar surface area (TPSA) is 112 Å². The van der Waals surface area contributed by atoms with Crippen LogP contribution in [0.5, 0.6) is 0 Å². The minimum Gasteiger partial charge on any atom is -0.481 e. The fraction of sp³-hybridized carbons (Fsp3) is 0.500. The van der Waals surface area contributed by atoms with E-state index < -0.39 is 17.9 Å². The van der Waals surface area contributed by atoms with Gasteiger partial charge in [0.25, 0.3) is 5.97 Å². The van der Waals surface area contributed by atoms with Crippen LogP contribution in [0.2, 0.25) is 0 Å². The summed E-state index contributed by atoms with van der Waals surface area (Å²) in [6, 6.07) is 0. The van der Waals surface area contributed by atoms with Crippen molar-refractivity contribution in [3.05, 3.63) is 0 Å². The van der Waals surface area contributed by atoms with Crippen LogP contribution in [-0.4, -0.2) is 44.7 Å². The van der Waals surface area contributed by atoms with Gasteiger partial charge >= 0.3 is 11.9 Å². The van der Waals surface area contributed by atoms with E-state index in [-0.39, 0.29) is 11.5 Å². The first-order valence-electron chi connectivity index (χ1n) is 3.07. The van der Waals surface area contributed by atoms with Crippen molar-refractivity contribution in [2.24, 2.45) is 0 Å². The summed E-state index contributed by atoms with van der Waals surface area (Å²) in [5.41, 5.74) is 0. The number of carboxylic acids is 3. The number of hydrogen-bond acceptors (Lipinski definition) is 4. The summed E-state index contributed by atoms with van der Waals surface area (Å²) in [6.07, 6.45) is 0. The van der Waals surface area contributed by atoms with Gasteiger partial charge in [0.05, 0.1) is 11.5 Å². The Balaban J connectivity index is 0. The summed E-state index contributed by atoms with van der Waals surface area (Å²) in [6.45, 7) is 1.08. The van der Waals surface area contributed by atoms with Crippen LogP contribution in [0.3, 0.4) is 0 Å². The van der Waals surface area contributed by atoms with Crippen LogP contribution in [0.4, 0.5) is 0 Å². The van der Waals surface area contributed by atoms with Gasteiger partial charge in [0.1, 0.15) is 0 Å². The molecule has 0 saturated carbocycles. The summed E-state index contributed by atoms with van der Waals surface area (Å²) >= 11 is 0.870. The minimum atomic E-state index is -0.985. The Hall–Kier alpha value is -1.24. The maximum atomic E-state index is 9.77. The molecule has 0 fully saturated rings. The molecular weight excluding hydrogens is 200 g/mol. The fourth-order valence-corrected chi connectivity index (χ4v) is 0.677. The molecule has 0 aromatic carbocycles. The summed E-state index contributed by atoms with van der Waals surface area (Å²) < 4.78 is 0. The first kappa shape index (κ1) is 14.3. The van der Waals surface area contributed by atoms with E-state index >= 15 is 0 Å². The average molecular weight is 210 g/mol. The highest BCUT2D eigenvalue weighted by molar-refractivity contribution is 8.00. The molecule has 0 rings (SSSR count). The molecule has 0 heterocycles. The van der Waals surface area contributed by atoms with E-state index in [9.17, 15) is 9.59 Å². The molecule has 0 atom stereocenters. The van der Waals surface area contributed by atoms with Crippen LogP contribution in [0.15, 0.2) is 0 Å². The maximum Gasteiger partial charge on any atom is 0.313 e. The smallest absolute Gasteiger partial charge is 0.313 e. The normalized spacial score (nSPS) is 8.08. The summed E-state index contributed by atoms with van der Waals surface area (Å²) in [5, 5.41) is 23.4. The minimum absolute atomic E-state index is 0.147. The zero-order valence-electron chi connectivity index (χ0n) is 6.89. The predicted octanol–water partition coefficient (Wildman–Crippen LogP) is -0.0203. The molecule has 0 aliphatic rings. The fourth-order valence-electron chi connectivity index (χ4n) is 0.226. The number of aliphatic carboxylic acids is 3. The molecule has 0 bridgehead atoms. The number of carbonyl (C=O) groups is 3. The van der Waals surface area contributed by atoms with Crippen molar-refractivity contribution < 1.29 is 29.7 Å². The molecule has 76 valence electrons. The molecule has 13 heavy (non-hydrogen) atoms. The Morgan fingerprint density at radius 3 is 1.38 bits per heavy atom. The molecule has 0 amide bonds. The van der Waals surface area contributed by atoms with Crippen LogP contribution >= 0.6 is 11.8 Å². The Morgan fingerprint density at radius 2 is 1.23 bits per heavy atom. The third-order valence-corrected chi connectivity index (χ3v) is 1.35. The Kier molecular flexibility index (Phi) is 9.73. The van der Waals surface area contributed by atoms with Crippen LogP contribution < -0.4 is 0 Å². The highest BCUT2D eigenvalue weighted by Crippen LogP contribution is 1.96. The van der Waals surface area contributed by atoms with E-state index in [2.05, 4.69) is 0 Å². The SMILES string of the molecule is CC(=O)O.O=C(O)CSCC(=O)O. The molecule has 0 aliphatic heterocycles. The van der Waals surface area contributed by atoms with Crippen molar-refractivity contribution in [1.29, 1.82) is 0 Å². The van der Waals surface area contributed by atoms with Crippen molar-refractivity contribution in [2.45, 2.75) is 6.92 Å². The zero-order chi connectivity index (χ0) is 10.9. The van der Waals surface area contributed by atoms with Gasteiger partial charge in [-0.3, -0.25) is 14.4 Å². The molecule has 0 spiro atoms. The van der Waals surface area contributed by atoms with Gasteiger partial charge in [0.15, 0.2) is 0 Å². The van der Waals surface area contributed by atoms with Gasteiger partial charge in [-0.25, -0.2) is 0 Å². The lowest BCUT2D eigenvalue weighted by atomic mass is 10.8. The monoisotopic (exact) mass is 210 g/mol. The lowest BCUT2D eigenvalue weighted by Crippen LogP contribution is -2.03. The van der Waals surface area contributed by atoms with Crippen LogP contribution in [0.25, 0.3) is 0 Å². The lowest BCUT2D eigenvalue weighted by Gasteiger charge is -1.89. The van der Waals surface area contributed by atoms with Crippen LogP contribution in [0.1, 0.15) is 6.92 Å². The van der Waals surface area contributed by atoms with Gasteiger partial charge in [-0.05, 0) is 0 Å². The van der Waals surface area contributed by atoms with Crippen molar-refractivity contribution in [2.75, 3.05) is 11.5 Å². The molecule has 0 radical (unpaired) electrons. The van der Waals surface area contributed by atoms with Crippen LogP contribution in [0, 0.1) is 0 Å².